The number of carbonyl (C=O) groups excluding carboxylic acids is 1. The van der Waals surface area contributed by atoms with Gasteiger partial charge in [-0.3, -0.25) is 4.79 Å². The van der Waals surface area contributed by atoms with E-state index in [-0.39, 0.29) is 5.91 Å². The van der Waals surface area contributed by atoms with Gasteiger partial charge in [0.2, 0.25) is 0 Å². The highest BCUT2D eigenvalue weighted by molar-refractivity contribution is 6.06. The van der Waals surface area contributed by atoms with Crippen LogP contribution in [0.25, 0.3) is 0 Å². The summed E-state index contributed by atoms with van der Waals surface area (Å²) in [6, 6.07) is 15.4. The van der Waals surface area contributed by atoms with Crippen LogP contribution in [0, 0.1) is 6.07 Å². The molecule has 2 aromatic carbocycles. The minimum Gasteiger partial charge on any atom is -0.493 e. The lowest BCUT2D eigenvalue weighted by Gasteiger charge is -2.17. The predicted octanol–water partition coefficient (Wildman–Crippen LogP) is 2.78. The Morgan fingerprint density at radius 1 is 1.10 bits per heavy atom. The maximum atomic E-state index is 12.4. The van der Waals surface area contributed by atoms with E-state index in [1.165, 1.54) is 0 Å². The number of methoxy groups -OCH3 is 2. The molecule has 4 heteroatoms. The SMILES string of the molecule is COc1ccc(C(=O)N(C)c2[c]cccc2)cc1OC. The van der Waals surface area contributed by atoms with E-state index in [0.29, 0.717) is 22.7 Å². The fourth-order valence-corrected chi connectivity index (χ4v) is 1.86. The molecule has 4 nitrogen and oxygen atoms in total. The number of para-hydroxylation sites is 1. The minimum absolute atomic E-state index is 0.131. The molecular weight excluding hydrogens is 254 g/mol. The summed E-state index contributed by atoms with van der Waals surface area (Å²) in [6.07, 6.45) is 0. The van der Waals surface area contributed by atoms with Crippen molar-refractivity contribution < 1.29 is 14.3 Å². The van der Waals surface area contributed by atoms with Crippen LogP contribution in [0.15, 0.2) is 42.5 Å². The van der Waals surface area contributed by atoms with Gasteiger partial charge in [-0.25, -0.2) is 0 Å². The quantitative estimate of drug-likeness (QED) is 0.857. The van der Waals surface area contributed by atoms with Crippen LogP contribution in [0.1, 0.15) is 10.4 Å². The third-order valence-electron chi connectivity index (χ3n) is 2.99. The zero-order chi connectivity index (χ0) is 14.5. The Bertz CT molecular complexity index is 596. The van der Waals surface area contributed by atoms with Crippen LogP contribution in [-0.4, -0.2) is 27.2 Å². The molecule has 2 rings (SSSR count). The van der Waals surface area contributed by atoms with Crippen LogP contribution in [0.4, 0.5) is 5.69 Å². The van der Waals surface area contributed by atoms with Crippen molar-refractivity contribution in [3.63, 3.8) is 0 Å². The van der Waals surface area contributed by atoms with E-state index in [2.05, 4.69) is 6.07 Å². The number of hydrogen-bond acceptors (Lipinski definition) is 3. The van der Waals surface area contributed by atoms with E-state index in [4.69, 9.17) is 9.47 Å². The molecule has 0 aliphatic carbocycles. The van der Waals surface area contributed by atoms with Crippen molar-refractivity contribution in [2.45, 2.75) is 0 Å². The number of carbonyl (C=O) groups is 1. The fourth-order valence-electron chi connectivity index (χ4n) is 1.86. The summed E-state index contributed by atoms with van der Waals surface area (Å²) >= 11 is 0. The number of anilines is 1. The Morgan fingerprint density at radius 3 is 2.45 bits per heavy atom. The lowest BCUT2D eigenvalue weighted by molar-refractivity contribution is 0.0992. The van der Waals surface area contributed by atoms with Crippen LogP contribution in [0.2, 0.25) is 0 Å². The van der Waals surface area contributed by atoms with Crippen molar-refractivity contribution >= 4 is 11.6 Å². The van der Waals surface area contributed by atoms with Gasteiger partial charge in [0.25, 0.3) is 5.91 Å². The van der Waals surface area contributed by atoms with Crippen LogP contribution in [0.3, 0.4) is 0 Å². The van der Waals surface area contributed by atoms with E-state index >= 15 is 0 Å². The van der Waals surface area contributed by atoms with Crippen LogP contribution >= 0.6 is 0 Å². The normalized spacial score (nSPS) is 9.95. The summed E-state index contributed by atoms with van der Waals surface area (Å²) in [4.78, 5) is 14.0. The molecular formula is C16H16NO3. The zero-order valence-electron chi connectivity index (χ0n) is 11.7. The number of rotatable bonds is 4. The molecule has 0 aliphatic rings. The van der Waals surface area contributed by atoms with Crippen LogP contribution in [-0.2, 0) is 0 Å². The zero-order valence-corrected chi connectivity index (χ0v) is 11.7. The Morgan fingerprint density at radius 2 is 1.85 bits per heavy atom. The van der Waals surface area contributed by atoms with E-state index in [1.807, 2.05) is 18.2 Å². The van der Waals surface area contributed by atoms with Gasteiger partial charge >= 0.3 is 0 Å². The molecule has 1 amide bonds. The van der Waals surface area contributed by atoms with Gasteiger partial charge in [-0.15, -0.1) is 0 Å². The second kappa shape index (κ2) is 6.10. The highest BCUT2D eigenvalue weighted by atomic mass is 16.5. The molecule has 0 spiro atoms. The molecule has 0 atom stereocenters. The van der Waals surface area contributed by atoms with Crippen molar-refractivity contribution in [2.75, 3.05) is 26.2 Å². The van der Waals surface area contributed by atoms with Gasteiger partial charge in [0.1, 0.15) is 0 Å². The second-order valence-electron chi connectivity index (χ2n) is 4.18. The molecule has 0 bridgehead atoms. The lowest BCUT2D eigenvalue weighted by Crippen LogP contribution is -2.26. The molecule has 0 saturated heterocycles. The summed E-state index contributed by atoms with van der Waals surface area (Å²) in [5, 5.41) is 0. The molecule has 103 valence electrons. The largest absolute Gasteiger partial charge is 0.493 e. The molecule has 2 aromatic rings. The van der Waals surface area contributed by atoms with Gasteiger partial charge in [0.05, 0.1) is 19.9 Å². The molecule has 0 N–H and O–H groups in total. The summed E-state index contributed by atoms with van der Waals surface area (Å²) in [7, 11) is 4.82. The Hall–Kier alpha value is -2.49. The number of hydrogen-bond donors (Lipinski definition) is 0. The summed E-state index contributed by atoms with van der Waals surface area (Å²) < 4.78 is 10.4. The first kappa shape index (κ1) is 13.9. The maximum absolute atomic E-state index is 12.4. The Kier molecular flexibility index (Phi) is 4.25. The smallest absolute Gasteiger partial charge is 0.258 e. The monoisotopic (exact) mass is 270 g/mol. The average Bonchev–Trinajstić information content (AvgIpc) is 2.53. The third-order valence-corrected chi connectivity index (χ3v) is 2.99. The first-order chi connectivity index (χ1) is 9.67. The fraction of sp³-hybridized carbons (Fsp3) is 0.188. The lowest BCUT2D eigenvalue weighted by atomic mass is 10.1. The highest BCUT2D eigenvalue weighted by Gasteiger charge is 2.15. The van der Waals surface area contributed by atoms with Gasteiger partial charge in [-0.1, -0.05) is 18.2 Å². The standard InChI is InChI=1S/C16H16NO3/c1-17(13-7-5-4-6-8-13)16(18)12-9-10-14(19-2)15(11-12)20-3/h4-7,9-11H,1-3H3. The van der Waals surface area contributed by atoms with Gasteiger partial charge in [0, 0.05) is 18.7 Å². The van der Waals surface area contributed by atoms with Crippen molar-refractivity contribution in [1.29, 1.82) is 0 Å². The Balaban J connectivity index is 2.29. The number of benzene rings is 2. The summed E-state index contributed by atoms with van der Waals surface area (Å²) in [5.41, 5.74) is 1.25. The highest BCUT2D eigenvalue weighted by Crippen LogP contribution is 2.28. The second-order valence-corrected chi connectivity index (χ2v) is 4.18. The maximum Gasteiger partial charge on any atom is 0.258 e. The van der Waals surface area contributed by atoms with E-state index in [1.54, 1.807) is 50.4 Å². The third kappa shape index (κ3) is 2.74. The Labute approximate surface area is 118 Å². The molecule has 0 unspecified atom stereocenters. The topological polar surface area (TPSA) is 38.8 Å². The molecule has 20 heavy (non-hydrogen) atoms. The van der Waals surface area contributed by atoms with Gasteiger partial charge in [-0.2, -0.15) is 0 Å². The van der Waals surface area contributed by atoms with Crippen molar-refractivity contribution in [3.05, 3.63) is 54.1 Å². The minimum atomic E-state index is -0.131. The first-order valence-electron chi connectivity index (χ1n) is 6.14. The van der Waals surface area contributed by atoms with E-state index in [9.17, 15) is 4.79 Å². The first-order valence-corrected chi connectivity index (χ1v) is 6.14. The summed E-state index contributed by atoms with van der Waals surface area (Å²) in [6.45, 7) is 0. The van der Waals surface area contributed by atoms with Crippen LogP contribution in [0.5, 0.6) is 11.5 Å². The number of ether oxygens (including phenoxy) is 2. The molecule has 0 aliphatic heterocycles. The molecule has 0 fully saturated rings. The molecule has 0 saturated carbocycles. The number of amides is 1. The molecule has 1 radical (unpaired) electrons. The molecule has 0 heterocycles. The average molecular weight is 270 g/mol. The van der Waals surface area contributed by atoms with E-state index in [0.717, 1.165) is 0 Å². The predicted molar refractivity (Wildman–Crippen MR) is 77.6 cm³/mol. The molecule has 0 aromatic heterocycles. The van der Waals surface area contributed by atoms with Gasteiger partial charge < -0.3 is 14.4 Å². The summed E-state index contributed by atoms with van der Waals surface area (Å²) in [5.74, 6) is 0.996. The van der Waals surface area contributed by atoms with Crippen molar-refractivity contribution in [3.8, 4) is 11.5 Å². The number of nitrogens with zero attached hydrogens (tertiary/aromatic N) is 1. The van der Waals surface area contributed by atoms with Gasteiger partial charge in [0.15, 0.2) is 11.5 Å². The van der Waals surface area contributed by atoms with Crippen molar-refractivity contribution in [2.24, 2.45) is 0 Å². The van der Waals surface area contributed by atoms with Gasteiger partial charge in [-0.05, 0) is 24.3 Å². The van der Waals surface area contributed by atoms with Crippen molar-refractivity contribution in [1.82, 2.24) is 0 Å². The van der Waals surface area contributed by atoms with E-state index < -0.39 is 0 Å². The van der Waals surface area contributed by atoms with Crippen LogP contribution < -0.4 is 14.4 Å².